The van der Waals surface area contributed by atoms with Gasteiger partial charge in [0.05, 0.1) is 0 Å². The maximum absolute atomic E-state index is 13.5. The Bertz CT molecular complexity index is 1350. The summed E-state index contributed by atoms with van der Waals surface area (Å²) in [5.74, 6) is 0.396. The zero-order chi connectivity index (χ0) is 22.8. The lowest BCUT2D eigenvalue weighted by Crippen LogP contribution is -2.40. The third-order valence-electron chi connectivity index (χ3n) is 5.58. The zero-order valence-corrected chi connectivity index (χ0v) is 18.0. The van der Waals surface area contributed by atoms with Crippen LogP contribution in [0.25, 0.3) is 11.2 Å². The summed E-state index contributed by atoms with van der Waals surface area (Å²) in [6.45, 7) is 2.12. The van der Waals surface area contributed by atoms with Crippen molar-refractivity contribution in [3.8, 4) is 11.8 Å². The van der Waals surface area contributed by atoms with Gasteiger partial charge in [0.15, 0.2) is 11.2 Å². The first-order valence-electron chi connectivity index (χ1n) is 10.5. The molecule has 4 rings (SSSR count). The largest absolute Gasteiger partial charge is 0.425 e. The van der Waals surface area contributed by atoms with Gasteiger partial charge in [-0.15, -0.1) is 0 Å². The molecule has 1 aromatic carbocycles. The summed E-state index contributed by atoms with van der Waals surface area (Å²) in [6.07, 6.45) is 4.21. The Morgan fingerprint density at radius 3 is 2.62 bits per heavy atom. The molecule has 0 amide bonds. The van der Waals surface area contributed by atoms with Crippen molar-refractivity contribution < 1.29 is 14.2 Å². The fourth-order valence-electron chi connectivity index (χ4n) is 3.76. The third kappa shape index (κ3) is 4.03. The number of hydrogen-bond donors (Lipinski definition) is 1. The van der Waals surface area contributed by atoms with Crippen molar-refractivity contribution in [3.63, 3.8) is 0 Å². The molecule has 0 radical (unpaired) electrons. The van der Waals surface area contributed by atoms with Crippen LogP contribution in [0.1, 0.15) is 24.8 Å². The molecule has 1 aliphatic rings. The van der Waals surface area contributed by atoms with E-state index in [2.05, 4.69) is 4.98 Å². The van der Waals surface area contributed by atoms with E-state index < -0.39 is 11.2 Å². The number of ether oxygens (including phenoxy) is 1. The molecule has 9 heteroatoms. The molecule has 0 bridgehead atoms. The number of hydrogen-bond acceptors (Lipinski definition) is 5. The van der Waals surface area contributed by atoms with E-state index in [1.54, 1.807) is 23.8 Å². The van der Waals surface area contributed by atoms with Gasteiger partial charge in [-0.1, -0.05) is 24.3 Å². The van der Waals surface area contributed by atoms with E-state index in [9.17, 15) is 19.1 Å². The van der Waals surface area contributed by atoms with Gasteiger partial charge in [0.2, 0.25) is 0 Å². The van der Waals surface area contributed by atoms with Gasteiger partial charge in [-0.05, 0) is 43.0 Å². The van der Waals surface area contributed by atoms with Crippen LogP contribution in [0.15, 0.2) is 57.4 Å². The highest BCUT2D eigenvalue weighted by molar-refractivity contribution is 5.72. The molecule has 8 nitrogen and oxygen atoms in total. The smallest absolute Gasteiger partial charge is 0.332 e. The number of aryl methyl sites for hydroxylation is 2. The lowest BCUT2D eigenvalue weighted by Gasteiger charge is -2.15. The van der Waals surface area contributed by atoms with Crippen LogP contribution in [0.5, 0.6) is 11.8 Å². The lowest BCUT2D eigenvalue weighted by atomic mass is 10.0. The zero-order valence-electron chi connectivity index (χ0n) is 18.0. The Morgan fingerprint density at radius 2 is 1.94 bits per heavy atom. The monoisotopic (exact) mass is 440 g/mol. The van der Waals surface area contributed by atoms with Gasteiger partial charge in [-0.2, -0.15) is 4.98 Å². The van der Waals surface area contributed by atoms with E-state index in [1.165, 1.54) is 10.6 Å². The number of nitrogens with zero attached hydrogens (tertiary/aromatic N) is 4. The summed E-state index contributed by atoms with van der Waals surface area (Å²) in [4.78, 5) is 30.6. The highest BCUT2D eigenvalue weighted by Crippen LogP contribution is 2.29. The number of benzene rings is 1. The molecule has 2 aromatic heterocycles. The van der Waals surface area contributed by atoms with Gasteiger partial charge >= 0.3 is 11.7 Å². The molecule has 0 atom stereocenters. The minimum Gasteiger partial charge on any atom is -0.425 e. The summed E-state index contributed by atoms with van der Waals surface area (Å²) in [5, 5.41) is 9.17. The second kappa shape index (κ2) is 8.96. The molecule has 1 aliphatic carbocycles. The Hall–Kier alpha value is -3.46. The molecule has 3 aromatic rings. The maximum atomic E-state index is 13.5. The van der Waals surface area contributed by atoms with Crippen LogP contribution >= 0.6 is 0 Å². The first kappa shape index (κ1) is 21.8. The molecule has 0 saturated heterocycles. The van der Waals surface area contributed by atoms with Gasteiger partial charge in [-0.25, -0.2) is 9.18 Å². The molecule has 0 fully saturated rings. The number of allylic oxidation sites excluding steroid dienone is 4. The molecular weight excluding hydrogens is 415 g/mol. The van der Waals surface area contributed by atoms with Gasteiger partial charge < -0.3 is 9.84 Å². The first-order chi connectivity index (χ1) is 15.4. The Balaban J connectivity index is 1.92. The average Bonchev–Trinajstić information content (AvgIpc) is 3.13. The van der Waals surface area contributed by atoms with Gasteiger partial charge in [0.1, 0.15) is 11.6 Å². The van der Waals surface area contributed by atoms with Crippen LogP contribution in [0.3, 0.4) is 0 Å². The number of imidazole rings is 1. The quantitative estimate of drug-likeness (QED) is 0.610. The van der Waals surface area contributed by atoms with E-state index in [4.69, 9.17) is 4.74 Å². The van der Waals surface area contributed by atoms with E-state index in [0.29, 0.717) is 18.6 Å². The Labute approximate surface area is 183 Å². The van der Waals surface area contributed by atoms with Crippen LogP contribution in [0.4, 0.5) is 4.39 Å². The fourth-order valence-corrected chi connectivity index (χ4v) is 3.76. The number of aromatic nitrogens is 4. The van der Waals surface area contributed by atoms with Gasteiger partial charge in [0, 0.05) is 33.2 Å². The Morgan fingerprint density at radius 1 is 1.16 bits per heavy atom. The number of rotatable bonds is 7. The van der Waals surface area contributed by atoms with Gasteiger partial charge in [0.25, 0.3) is 5.56 Å². The van der Waals surface area contributed by atoms with Crippen molar-refractivity contribution in [2.75, 3.05) is 6.61 Å². The minimum absolute atomic E-state index is 0.0910. The fraction of sp³-hybridized carbons (Fsp3) is 0.348. The lowest BCUT2D eigenvalue weighted by molar-refractivity contribution is 0.277. The van der Waals surface area contributed by atoms with E-state index in [1.807, 2.05) is 25.1 Å². The van der Waals surface area contributed by atoms with Crippen molar-refractivity contribution in [2.24, 2.45) is 7.05 Å². The highest BCUT2D eigenvalue weighted by Gasteiger charge is 2.23. The predicted octanol–water partition coefficient (Wildman–Crippen LogP) is 2.95. The number of para-hydroxylation sites is 1. The standard InChI is InChI=1S/C23H25FN4O4/c1-15-6-3-4-7-18(15)32-22-25-20-19(28(22)14-16-8-10-17(24)11-9-16)21(30)27(12-5-13-29)23(31)26(20)2/h3-4,6-8,10,29H,5,9,11-14H2,1-2H3. The van der Waals surface area contributed by atoms with Crippen molar-refractivity contribution in [1.29, 1.82) is 0 Å². The summed E-state index contributed by atoms with van der Waals surface area (Å²) in [6, 6.07) is 7.61. The van der Waals surface area contributed by atoms with Crippen molar-refractivity contribution in [2.45, 2.75) is 39.3 Å². The van der Waals surface area contributed by atoms with Crippen molar-refractivity contribution in [3.05, 3.63) is 74.2 Å². The molecule has 0 aliphatic heterocycles. The molecule has 0 unspecified atom stereocenters. The molecule has 168 valence electrons. The maximum Gasteiger partial charge on any atom is 0.332 e. The van der Waals surface area contributed by atoms with Crippen LogP contribution in [-0.4, -0.2) is 30.4 Å². The van der Waals surface area contributed by atoms with Crippen LogP contribution < -0.4 is 16.0 Å². The first-order valence-corrected chi connectivity index (χ1v) is 10.5. The molecule has 32 heavy (non-hydrogen) atoms. The summed E-state index contributed by atoms with van der Waals surface area (Å²) < 4.78 is 23.6. The number of aliphatic hydroxyl groups excluding tert-OH is 1. The summed E-state index contributed by atoms with van der Waals surface area (Å²) >= 11 is 0. The molecule has 2 heterocycles. The van der Waals surface area contributed by atoms with E-state index in [0.717, 1.165) is 15.7 Å². The third-order valence-corrected chi connectivity index (χ3v) is 5.58. The number of aliphatic hydroxyl groups is 1. The SMILES string of the molecule is Cc1ccccc1Oc1nc2c(c(=O)n(CCCO)c(=O)n2C)n1CC1=CC=C(F)CC1. The number of halogens is 1. The van der Waals surface area contributed by atoms with Crippen LogP contribution in [0.2, 0.25) is 0 Å². The number of fused-ring (bicyclic) bond motifs is 1. The summed E-state index contributed by atoms with van der Waals surface area (Å²) in [7, 11) is 1.55. The average molecular weight is 440 g/mol. The van der Waals surface area contributed by atoms with Crippen LogP contribution in [-0.2, 0) is 20.1 Å². The molecule has 0 spiro atoms. The van der Waals surface area contributed by atoms with Gasteiger partial charge in [-0.3, -0.25) is 18.5 Å². The van der Waals surface area contributed by atoms with Crippen molar-refractivity contribution in [1.82, 2.24) is 18.7 Å². The predicted molar refractivity (Wildman–Crippen MR) is 119 cm³/mol. The molecular formula is C23H25FN4O4. The minimum atomic E-state index is -0.509. The second-order valence-corrected chi connectivity index (χ2v) is 7.83. The summed E-state index contributed by atoms with van der Waals surface area (Å²) in [5.41, 5.74) is 1.23. The van der Waals surface area contributed by atoms with E-state index in [-0.39, 0.29) is 49.1 Å². The second-order valence-electron chi connectivity index (χ2n) is 7.83. The van der Waals surface area contributed by atoms with E-state index >= 15 is 0 Å². The van der Waals surface area contributed by atoms with Crippen molar-refractivity contribution >= 4 is 11.2 Å². The normalized spacial score (nSPS) is 13.9. The molecule has 1 N–H and O–H groups in total. The van der Waals surface area contributed by atoms with Crippen LogP contribution in [0, 0.1) is 6.92 Å². The highest BCUT2D eigenvalue weighted by atomic mass is 19.1. The molecule has 0 saturated carbocycles. The topological polar surface area (TPSA) is 91.3 Å². The Kier molecular flexibility index (Phi) is 6.09.